The molecule has 1 N–H and O–H groups in total. The van der Waals surface area contributed by atoms with Crippen LogP contribution in [-0.4, -0.2) is 34.2 Å². The number of nitrogens with zero attached hydrogens (tertiary/aromatic N) is 3. The third-order valence-corrected chi connectivity index (χ3v) is 2.67. The van der Waals surface area contributed by atoms with Crippen LogP contribution < -0.4 is 5.32 Å². The molecule has 1 aromatic heterocycles. The maximum atomic E-state index is 10.7. The van der Waals surface area contributed by atoms with Gasteiger partial charge in [-0.15, -0.1) is 0 Å². The Balaban J connectivity index is 2.03. The molecule has 0 bridgehead atoms. The molecule has 0 radical (unpaired) electrons. The molecule has 0 saturated carbocycles. The van der Waals surface area contributed by atoms with Crippen molar-refractivity contribution in [2.24, 2.45) is 0 Å². The van der Waals surface area contributed by atoms with E-state index in [9.17, 15) is 10.1 Å². The molecule has 16 heavy (non-hydrogen) atoms. The van der Waals surface area contributed by atoms with Gasteiger partial charge in [0.25, 0.3) is 0 Å². The normalized spacial score (nSPS) is 21.2. The summed E-state index contributed by atoms with van der Waals surface area (Å²) < 4.78 is 0. The third-order valence-electron chi connectivity index (χ3n) is 2.45. The monoisotopic (exact) mass is 242 g/mol. The first-order chi connectivity index (χ1) is 7.66. The number of pyridine rings is 1. The summed E-state index contributed by atoms with van der Waals surface area (Å²) in [5.74, 6) is 0. The molecule has 0 aliphatic carbocycles. The quantitative estimate of drug-likeness (QED) is 0.480. The number of hydrogen-bond donors (Lipinski definition) is 1. The molecule has 7 heteroatoms. The maximum absolute atomic E-state index is 10.7. The van der Waals surface area contributed by atoms with Crippen LogP contribution in [0, 0.1) is 10.1 Å². The Kier molecular flexibility index (Phi) is 3.33. The zero-order valence-electron chi connectivity index (χ0n) is 8.47. The Morgan fingerprint density at radius 2 is 2.50 bits per heavy atom. The van der Waals surface area contributed by atoms with Crippen LogP contribution in [-0.2, 0) is 6.54 Å². The first kappa shape index (κ1) is 11.3. The van der Waals surface area contributed by atoms with Gasteiger partial charge in [0, 0.05) is 25.8 Å². The lowest BCUT2D eigenvalue weighted by Gasteiger charge is -2.16. The highest BCUT2D eigenvalue weighted by molar-refractivity contribution is 6.29. The summed E-state index contributed by atoms with van der Waals surface area (Å²) in [6, 6.07) is 3.51. The molecule has 1 saturated heterocycles. The molecule has 1 aliphatic rings. The van der Waals surface area contributed by atoms with Crippen LogP contribution in [0.25, 0.3) is 0 Å². The van der Waals surface area contributed by atoms with E-state index in [1.54, 1.807) is 17.2 Å². The van der Waals surface area contributed by atoms with E-state index in [0.717, 1.165) is 5.56 Å². The van der Waals surface area contributed by atoms with Crippen LogP contribution >= 0.6 is 11.6 Å². The molecule has 0 aromatic carbocycles. The van der Waals surface area contributed by atoms with Crippen LogP contribution in [0.15, 0.2) is 18.3 Å². The fraction of sp³-hybridized carbons (Fsp3) is 0.444. The van der Waals surface area contributed by atoms with Gasteiger partial charge in [-0.25, -0.2) is 15.2 Å². The topological polar surface area (TPSA) is 71.3 Å². The second-order valence-corrected chi connectivity index (χ2v) is 3.96. The highest BCUT2D eigenvalue weighted by Crippen LogP contribution is 2.12. The van der Waals surface area contributed by atoms with Crippen molar-refractivity contribution in [3.05, 3.63) is 39.2 Å². The van der Waals surface area contributed by atoms with E-state index in [2.05, 4.69) is 10.3 Å². The van der Waals surface area contributed by atoms with Gasteiger partial charge in [-0.1, -0.05) is 17.7 Å². The number of nitrogens with one attached hydrogen (secondary N) is 1. The van der Waals surface area contributed by atoms with Crippen molar-refractivity contribution in [1.29, 1.82) is 0 Å². The minimum absolute atomic E-state index is 0.323. The molecular weight excluding hydrogens is 232 g/mol. The van der Waals surface area contributed by atoms with Crippen LogP contribution in [0.5, 0.6) is 0 Å². The van der Waals surface area contributed by atoms with E-state index < -0.39 is 6.29 Å². The molecule has 6 nitrogen and oxygen atoms in total. The minimum atomic E-state index is -0.796. The predicted octanol–water partition coefficient (Wildman–Crippen LogP) is 0.700. The predicted molar refractivity (Wildman–Crippen MR) is 58.4 cm³/mol. The van der Waals surface area contributed by atoms with E-state index in [0.29, 0.717) is 24.8 Å². The summed E-state index contributed by atoms with van der Waals surface area (Å²) in [4.78, 5) is 16.1. The Labute approximate surface area is 97.4 Å². The lowest BCUT2D eigenvalue weighted by Crippen LogP contribution is -2.41. The van der Waals surface area contributed by atoms with E-state index in [1.807, 2.05) is 6.07 Å². The van der Waals surface area contributed by atoms with Crippen molar-refractivity contribution in [3.63, 3.8) is 0 Å². The number of halogens is 1. The van der Waals surface area contributed by atoms with Crippen molar-refractivity contribution < 1.29 is 4.92 Å². The average Bonchev–Trinajstić information content (AvgIpc) is 2.69. The average molecular weight is 243 g/mol. The number of rotatable bonds is 3. The zero-order valence-corrected chi connectivity index (χ0v) is 9.22. The van der Waals surface area contributed by atoms with Gasteiger partial charge in [0.05, 0.1) is 4.92 Å². The number of hydrogen-bond acceptors (Lipinski definition) is 5. The molecule has 1 aliphatic heterocycles. The highest BCUT2D eigenvalue weighted by atomic mass is 35.5. The van der Waals surface area contributed by atoms with Gasteiger partial charge >= 0.3 is 6.29 Å². The van der Waals surface area contributed by atoms with Gasteiger partial charge in [-0.2, -0.15) is 0 Å². The van der Waals surface area contributed by atoms with Gasteiger partial charge < -0.3 is 0 Å². The van der Waals surface area contributed by atoms with Crippen molar-refractivity contribution in [2.75, 3.05) is 13.1 Å². The van der Waals surface area contributed by atoms with E-state index in [1.165, 1.54) is 0 Å². The molecule has 1 unspecified atom stereocenters. The summed E-state index contributed by atoms with van der Waals surface area (Å²) in [5.41, 5.74) is 0.917. The largest absolute Gasteiger partial charge is 0.326 e. The molecule has 0 amide bonds. The lowest BCUT2D eigenvalue weighted by molar-refractivity contribution is -0.552. The Hall–Kier alpha value is -1.24. The number of aromatic nitrogens is 1. The summed E-state index contributed by atoms with van der Waals surface area (Å²) in [6.45, 7) is 1.80. The molecule has 2 rings (SSSR count). The van der Waals surface area contributed by atoms with Gasteiger partial charge in [0.15, 0.2) is 0 Å². The third kappa shape index (κ3) is 2.46. The second kappa shape index (κ2) is 4.73. The molecule has 86 valence electrons. The molecule has 1 fully saturated rings. The van der Waals surface area contributed by atoms with Gasteiger partial charge in [-0.05, 0) is 11.6 Å². The Morgan fingerprint density at radius 3 is 3.12 bits per heavy atom. The van der Waals surface area contributed by atoms with Crippen molar-refractivity contribution >= 4 is 11.6 Å². The highest BCUT2D eigenvalue weighted by Gasteiger charge is 2.32. The second-order valence-electron chi connectivity index (χ2n) is 3.57. The van der Waals surface area contributed by atoms with Gasteiger partial charge in [-0.3, -0.25) is 10.1 Å². The first-order valence-corrected chi connectivity index (χ1v) is 5.26. The van der Waals surface area contributed by atoms with E-state index >= 15 is 0 Å². The summed E-state index contributed by atoms with van der Waals surface area (Å²) in [7, 11) is 0. The van der Waals surface area contributed by atoms with Crippen LogP contribution in [0.3, 0.4) is 0 Å². The summed E-state index contributed by atoms with van der Waals surface area (Å²) >= 11 is 5.66. The van der Waals surface area contributed by atoms with Gasteiger partial charge in [0.1, 0.15) is 5.15 Å². The van der Waals surface area contributed by atoms with Crippen molar-refractivity contribution in [1.82, 2.24) is 15.2 Å². The smallest absolute Gasteiger partial charge is 0.262 e. The molecule has 0 spiro atoms. The van der Waals surface area contributed by atoms with Crippen molar-refractivity contribution in [3.8, 4) is 0 Å². The first-order valence-electron chi connectivity index (χ1n) is 4.88. The molecule has 1 aromatic rings. The van der Waals surface area contributed by atoms with Crippen LogP contribution in [0.4, 0.5) is 0 Å². The molecule has 1 atom stereocenters. The SMILES string of the molecule is O=[N+]([O-])C1NCCN1Cc1ccc(Cl)nc1. The zero-order chi connectivity index (χ0) is 11.5. The van der Waals surface area contributed by atoms with Crippen LogP contribution in [0.2, 0.25) is 5.15 Å². The van der Waals surface area contributed by atoms with Crippen molar-refractivity contribution in [2.45, 2.75) is 12.8 Å². The molecular formula is C9H11ClN4O2. The molecule has 2 heterocycles. The fourth-order valence-corrected chi connectivity index (χ4v) is 1.81. The van der Waals surface area contributed by atoms with E-state index in [-0.39, 0.29) is 4.92 Å². The fourth-order valence-electron chi connectivity index (χ4n) is 1.70. The summed E-state index contributed by atoms with van der Waals surface area (Å²) in [6.07, 6.45) is 0.841. The lowest BCUT2D eigenvalue weighted by atomic mass is 10.3. The minimum Gasteiger partial charge on any atom is -0.262 e. The Morgan fingerprint density at radius 1 is 1.69 bits per heavy atom. The van der Waals surface area contributed by atoms with Crippen LogP contribution in [0.1, 0.15) is 5.56 Å². The standard InChI is InChI=1S/C9H11ClN4O2/c10-8-2-1-7(5-12-8)6-13-4-3-11-9(13)14(15)16/h1-2,5,9,11H,3-4,6H2. The summed E-state index contributed by atoms with van der Waals surface area (Å²) in [5, 5.41) is 14.0. The Bertz CT molecular complexity index is 384. The van der Waals surface area contributed by atoms with E-state index in [4.69, 9.17) is 11.6 Å². The number of nitro groups is 1. The van der Waals surface area contributed by atoms with Gasteiger partial charge in [0.2, 0.25) is 0 Å². The maximum Gasteiger partial charge on any atom is 0.326 e.